The summed E-state index contributed by atoms with van der Waals surface area (Å²) in [5.74, 6) is 0.637. The zero-order valence-corrected chi connectivity index (χ0v) is 9.07. The molecule has 5 heteroatoms. The molecular weight excluding hydrogens is 206 g/mol. The van der Waals surface area contributed by atoms with Crippen LogP contribution >= 0.6 is 0 Å². The molecule has 1 aliphatic carbocycles. The summed E-state index contributed by atoms with van der Waals surface area (Å²) in [6.45, 7) is 0. The van der Waals surface area contributed by atoms with Crippen molar-refractivity contribution in [3.05, 3.63) is 24.3 Å². The van der Waals surface area contributed by atoms with E-state index in [1.807, 2.05) is 12.1 Å². The number of para-hydroxylation sites is 2. The average molecular weight is 221 g/mol. The maximum Gasteiger partial charge on any atom is 0.319 e. The van der Waals surface area contributed by atoms with Gasteiger partial charge in [-0.15, -0.1) is 0 Å². The average Bonchev–Trinajstić information content (AvgIpc) is 2.94. The van der Waals surface area contributed by atoms with E-state index >= 15 is 0 Å². The highest BCUT2D eigenvalue weighted by molar-refractivity contribution is 5.91. The summed E-state index contributed by atoms with van der Waals surface area (Å²) in [4.78, 5) is 11.5. The Bertz CT molecular complexity index is 395. The molecule has 1 aliphatic rings. The predicted molar refractivity (Wildman–Crippen MR) is 61.5 cm³/mol. The Morgan fingerprint density at radius 2 is 2.19 bits per heavy atom. The molecule has 1 fully saturated rings. The second-order valence-electron chi connectivity index (χ2n) is 3.80. The van der Waals surface area contributed by atoms with Gasteiger partial charge in [-0.2, -0.15) is 0 Å². The van der Waals surface area contributed by atoms with Crippen LogP contribution in [-0.4, -0.2) is 25.2 Å². The third kappa shape index (κ3) is 2.43. The molecule has 2 unspecified atom stereocenters. The van der Waals surface area contributed by atoms with Crippen molar-refractivity contribution in [1.82, 2.24) is 5.32 Å². The Kier molecular flexibility index (Phi) is 2.96. The summed E-state index contributed by atoms with van der Waals surface area (Å²) >= 11 is 0. The molecule has 0 saturated heterocycles. The maximum atomic E-state index is 11.5. The molecule has 0 heterocycles. The lowest BCUT2D eigenvalue weighted by Crippen LogP contribution is -2.33. The van der Waals surface area contributed by atoms with Gasteiger partial charge >= 0.3 is 6.03 Å². The first-order valence-electron chi connectivity index (χ1n) is 5.17. The summed E-state index contributed by atoms with van der Waals surface area (Å²) < 4.78 is 5.12. The molecule has 2 rings (SSSR count). The van der Waals surface area contributed by atoms with Gasteiger partial charge in [0.25, 0.3) is 0 Å². The van der Waals surface area contributed by atoms with Gasteiger partial charge in [-0.3, -0.25) is 0 Å². The van der Waals surface area contributed by atoms with Gasteiger partial charge in [0.1, 0.15) is 5.75 Å². The predicted octanol–water partition coefficient (Wildman–Crippen LogP) is 0.916. The van der Waals surface area contributed by atoms with E-state index in [0.717, 1.165) is 6.42 Å². The molecule has 0 radical (unpaired) electrons. The normalized spacial score (nSPS) is 22.4. The van der Waals surface area contributed by atoms with Gasteiger partial charge in [0.2, 0.25) is 0 Å². The van der Waals surface area contributed by atoms with Crippen molar-refractivity contribution in [3.63, 3.8) is 0 Å². The number of hydrogen-bond acceptors (Lipinski definition) is 3. The van der Waals surface area contributed by atoms with Gasteiger partial charge in [0.05, 0.1) is 12.8 Å². The second kappa shape index (κ2) is 4.40. The van der Waals surface area contributed by atoms with E-state index in [-0.39, 0.29) is 18.1 Å². The van der Waals surface area contributed by atoms with Crippen molar-refractivity contribution in [1.29, 1.82) is 0 Å². The highest BCUT2D eigenvalue weighted by Gasteiger charge is 2.34. The second-order valence-corrected chi connectivity index (χ2v) is 3.80. The van der Waals surface area contributed by atoms with Gasteiger partial charge < -0.3 is 21.1 Å². The van der Waals surface area contributed by atoms with Gasteiger partial charge in [-0.05, 0) is 18.6 Å². The lowest BCUT2D eigenvalue weighted by molar-refractivity contribution is 0.251. The Morgan fingerprint density at radius 3 is 2.81 bits per heavy atom. The summed E-state index contributed by atoms with van der Waals surface area (Å²) in [6.07, 6.45) is 0.847. The maximum absolute atomic E-state index is 11.5. The van der Waals surface area contributed by atoms with Crippen LogP contribution in [0.2, 0.25) is 0 Å². The molecule has 1 aromatic carbocycles. The van der Waals surface area contributed by atoms with Crippen LogP contribution in [0, 0.1) is 0 Å². The fourth-order valence-corrected chi connectivity index (χ4v) is 1.46. The van der Waals surface area contributed by atoms with Gasteiger partial charge in [-0.1, -0.05) is 12.1 Å². The summed E-state index contributed by atoms with van der Waals surface area (Å²) in [6, 6.07) is 7.21. The van der Waals surface area contributed by atoms with Crippen LogP contribution in [0.4, 0.5) is 10.5 Å². The highest BCUT2D eigenvalue weighted by Crippen LogP contribution is 2.23. The number of urea groups is 1. The number of ether oxygens (including phenoxy) is 1. The summed E-state index contributed by atoms with van der Waals surface area (Å²) in [7, 11) is 1.56. The van der Waals surface area contributed by atoms with Crippen molar-refractivity contribution in [2.45, 2.75) is 18.5 Å². The third-order valence-corrected chi connectivity index (χ3v) is 2.51. The number of nitrogens with two attached hydrogens (primary N) is 1. The van der Waals surface area contributed by atoms with Crippen molar-refractivity contribution in [2.24, 2.45) is 5.73 Å². The van der Waals surface area contributed by atoms with Crippen LogP contribution in [0.3, 0.4) is 0 Å². The number of nitrogens with one attached hydrogen (secondary N) is 2. The molecule has 2 atom stereocenters. The number of rotatable bonds is 3. The molecule has 2 amide bonds. The standard InChI is InChI=1S/C11H15N3O2/c1-16-10-5-3-2-4-8(10)13-11(15)14-9-6-7(9)12/h2-5,7,9H,6,12H2,1H3,(H2,13,14,15). The number of carbonyl (C=O) groups excluding carboxylic acids is 1. The van der Waals surface area contributed by atoms with Crippen molar-refractivity contribution < 1.29 is 9.53 Å². The van der Waals surface area contributed by atoms with E-state index in [1.54, 1.807) is 19.2 Å². The molecule has 1 aromatic rings. The Balaban J connectivity index is 1.94. The number of amides is 2. The van der Waals surface area contributed by atoms with E-state index in [9.17, 15) is 4.79 Å². The summed E-state index contributed by atoms with van der Waals surface area (Å²) in [5, 5.41) is 5.50. The minimum Gasteiger partial charge on any atom is -0.495 e. The van der Waals surface area contributed by atoms with Crippen LogP contribution in [0.25, 0.3) is 0 Å². The number of anilines is 1. The van der Waals surface area contributed by atoms with Gasteiger partial charge in [0.15, 0.2) is 0 Å². The number of carbonyl (C=O) groups is 1. The van der Waals surface area contributed by atoms with Crippen molar-refractivity contribution >= 4 is 11.7 Å². The Labute approximate surface area is 94.0 Å². The van der Waals surface area contributed by atoms with E-state index in [4.69, 9.17) is 10.5 Å². The zero-order valence-electron chi connectivity index (χ0n) is 9.07. The molecule has 0 spiro atoms. The number of hydrogen-bond donors (Lipinski definition) is 3. The van der Waals surface area contributed by atoms with E-state index in [0.29, 0.717) is 11.4 Å². The Morgan fingerprint density at radius 1 is 1.50 bits per heavy atom. The minimum atomic E-state index is -0.248. The lowest BCUT2D eigenvalue weighted by atomic mass is 10.3. The van der Waals surface area contributed by atoms with Crippen LogP contribution in [0.15, 0.2) is 24.3 Å². The monoisotopic (exact) mass is 221 g/mol. The molecule has 16 heavy (non-hydrogen) atoms. The SMILES string of the molecule is COc1ccccc1NC(=O)NC1CC1N. The fourth-order valence-electron chi connectivity index (χ4n) is 1.46. The van der Waals surface area contributed by atoms with E-state index in [1.165, 1.54) is 0 Å². The molecule has 1 saturated carbocycles. The number of methoxy groups -OCH3 is 1. The Hall–Kier alpha value is -1.75. The molecule has 0 aliphatic heterocycles. The molecule has 86 valence electrons. The third-order valence-electron chi connectivity index (χ3n) is 2.51. The molecule has 0 aromatic heterocycles. The van der Waals surface area contributed by atoms with Gasteiger partial charge in [0, 0.05) is 12.1 Å². The van der Waals surface area contributed by atoms with E-state index < -0.39 is 0 Å². The molecule has 4 N–H and O–H groups in total. The highest BCUT2D eigenvalue weighted by atomic mass is 16.5. The van der Waals surface area contributed by atoms with Crippen LogP contribution in [-0.2, 0) is 0 Å². The smallest absolute Gasteiger partial charge is 0.319 e. The lowest BCUT2D eigenvalue weighted by Gasteiger charge is -2.10. The van der Waals surface area contributed by atoms with Gasteiger partial charge in [-0.25, -0.2) is 4.79 Å². The quantitative estimate of drug-likeness (QED) is 0.710. The largest absolute Gasteiger partial charge is 0.495 e. The van der Waals surface area contributed by atoms with Crippen LogP contribution < -0.4 is 21.1 Å². The van der Waals surface area contributed by atoms with Crippen LogP contribution in [0.1, 0.15) is 6.42 Å². The fraction of sp³-hybridized carbons (Fsp3) is 0.364. The first-order valence-corrected chi connectivity index (χ1v) is 5.17. The minimum absolute atomic E-state index is 0.100. The molecule has 5 nitrogen and oxygen atoms in total. The number of benzene rings is 1. The zero-order chi connectivity index (χ0) is 11.5. The van der Waals surface area contributed by atoms with Crippen molar-refractivity contribution in [2.75, 3.05) is 12.4 Å². The van der Waals surface area contributed by atoms with Crippen LogP contribution in [0.5, 0.6) is 5.75 Å². The topological polar surface area (TPSA) is 76.4 Å². The van der Waals surface area contributed by atoms with E-state index in [2.05, 4.69) is 10.6 Å². The first kappa shape index (κ1) is 10.8. The molecular formula is C11H15N3O2. The molecule has 0 bridgehead atoms. The first-order chi connectivity index (χ1) is 7.70. The summed E-state index contributed by atoms with van der Waals surface area (Å²) in [5.41, 5.74) is 6.25. The van der Waals surface area contributed by atoms with Crippen molar-refractivity contribution in [3.8, 4) is 5.75 Å².